The lowest BCUT2D eigenvalue weighted by molar-refractivity contribution is -0.143. The summed E-state index contributed by atoms with van der Waals surface area (Å²) in [6.07, 6.45) is 17.7. The van der Waals surface area contributed by atoms with Crippen LogP contribution in [0.25, 0.3) is 0 Å². The Balaban J connectivity index is 3.44. The van der Waals surface area contributed by atoms with E-state index in [9.17, 15) is 4.79 Å². The van der Waals surface area contributed by atoms with Gasteiger partial charge in [0.25, 0.3) is 0 Å². The molecule has 2 nitrogen and oxygen atoms in total. The van der Waals surface area contributed by atoms with E-state index in [0.717, 1.165) is 70.6 Å². The van der Waals surface area contributed by atoms with Crippen molar-refractivity contribution in [3.63, 3.8) is 0 Å². The molecule has 0 heterocycles. The quantitative estimate of drug-likeness (QED) is 0.179. The average Bonchev–Trinajstić information content (AvgIpc) is 2.70. The SMILES string of the molecule is CCCOC(=O)CCCCCCCC#CC#CCCCC/C=C/C#C/C=C/Br. The molecule has 0 aliphatic rings. The minimum absolute atomic E-state index is 0.0596. The maximum atomic E-state index is 11.3. The van der Waals surface area contributed by atoms with Gasteiger partial charge in [-0.1, -0.05) is 71.9 Å². The van der Waals surface area contributed by atoms with Gasteiger partial charge in [-0.05, 0) is 67.5 Å². The highest BCUT2D eigenvalue weighted by molar-refractivity contribution is 9.11. The number of ether oxygens (including phenoxy) is 1. The van der Waals surface area contributed by atoms with E-state index < -0.39 is 0 Å². The first-order valence-electron chi connectivity index (χ1n) is 10.3. The smallest absolute Gasteiger partial charge is 0.305 e. The van der Waals surface area contributed by atoms with Gasteiger partial charge in [0.2, 0.25) is 0 Å². The number of rotatable bonds is 13. The highest BCUT2D eigenvalue weighted by Crippen LogP contribution is 2.07. The lowest BCUT2D eigenvalue weighted by Gasteiger charge is -2.02. The number of allylic oxidation sites excluding steroid dienone is 3. The number of esters is 1. The second kappa shape index (κ2) is 23.1. The molecule has 0 bridgehead atoms. The maximum absolute atomic E-state index is 11.3. The fourth-order valence-electron chi connectivity index (χ4n) is 2.26. The molecule has 0 spiro atoms. The molecule has 152 valence electrons. The first-order valence-corrected chi connectivity index (χ1v) is 11.3. The number of carbonyl (C=O) groups excluding carboxylic acids is 1. The van der Waals surface area contributed by atoms with Crippen LogP contribution in [0.5, 0.6) is 0 Å². The summed E-state index contributed by atoms with van der Waals surface area (Å²) >= 11 is 3.17. The standard InChI is InChI=1S/C25H33BrO2/c1-2-24-28-25(27)22-20-18-16-14-12-10-8-6-4-3-5-7-9-11-13-15-17-19-21-23-26/h13,15,21,23H,2,5,7,9-12,14,16,18,20,22,24H2,1H3/b15-13+,23-21+. The van der Waals surface area contributed by atoms with Crippen LogP contribution in [0.1, 0.15) is 84.0 Å². The molecule has 0 saturated carbocycles. The predicted octanol–water partition coefficient (Wildman–Crippen LogP) is 6.71. The molecule has 0 unspecified atom stereocenters. The van der Waals surface area contributed by atoms with Crippen molar-refractivity contribution in [2.45, 2.75) is 84.0 Å². The number of halogens is 1. The Morgan fingerprint density at radius 1 is 0.893 bits per heavy atom. The molecule has 0 aromatic rings. The van der Waals surface area contributed by atoms with E-state index in [-0.39, 0.29) is 5.97 Å². The zero-order valence-corrected chi connectivity index (χ0v) is 18.8. The van der Waals surface area contributed by atoms with Crippen molar-refractivity contribution in [2.24, 2.45) is 0 Å². The molecule has 0 atom stereocenters. The summed E-state index contributed by atoms with van der Waals surface area (Å²) in [5, 5.41) is 0. The molecule has 0 N–H and O–H groups in total. The van der Waals surface area contributed by atoms with E-state index in [4.69, 9.17) is 4.74 Å². The Kier molecular flexibility index (Phi) is 21.6. The number of unbranched alkanes of at least 4 members (excludes halogenated alkanes) is 8. The Morgan fingerprint density at radius 2 is 1.54 bits per heavy atom. The topological polar surface area (TPSA) is 26.3 Å². The average molecular weight is 445 g/mol. The molecule has 0 aliphatic carbocycles. The molecule has 0 aromatic carbocycles. The molecule has 0 aromatic heterocycles. The van der Waals surface area contributed by atoms with Gasteiger partial charge in [-0.25, -0.2) is 0 Å². The molecular formula is C25H33BrO2. The van der Waals surface area contributed by atoms with Crippen molar-refractivity contribution in [3.8, 4) is 35.5 Å². The van der Waals surface area contributed by atoms with Crippen molar-refractivity contribution in [1.82, 2.24) is 0 Å². The summed E-state index contributed by atoms with van der Waals surface area (Å²) in [5.41, 5.74) is 0. The second-order valence-corrected chi connectivity index (χ2v) is 6.85. The van der Waals surface area contributed by atoms with Crippen LogP contribution in [-0.2, 0) is 9.53 Å². The van der Waals surface area contributed by atoms with Crippen molar-refractivity contribution in [2.75, 3.05) is 6.61 Å². The van der Waals surface area contributed by atoms with Gasteiger partial charge < -0.3 is 4.74 Å². The first kappa shape index (κ1) is 26.1. The fraction of sp³-hybridized carbons (Fsp3) is 0.560. The summed E-state index contributed by atoms with van der Waals surface area (Å²) < 4.78 is 5.05. The summed E-state index contributed by atoms with van der Waals surface area (Å²) in [4.78, 5) is 13.1. The predicted molar refractivity (Wildman–Crippen MR) is 123 cm³/mol. The van der Waals surface area contributed by atoms with Crippen molar-refractivity contribution < 1.29 is 9.53 Å². The van der Waals surface area contributed by atoms with Gasteiger partial charge in [0.05, 0.1) is 6.61 Å². The van der Waals surface area contributed by atoms with Crippen molar-refractivity contribution in [1.29, 1.82) is 0 Å². The third kappa shape index (κ3) is 22.2. The normalized spacial score (nSPS) is 9.93. The fourth-order valence-corrected chi connectivity index (χ4v) is 2.39. The minimum Gasteiger partial charge on any atom is -0.466 e. The molecule has 0 fully saturated rings. The van der Waals surface area contributed by atoms with E-state index in [1.54, 1.807) is 11.1 Å². The van der Waals surface area contributed by atoms with E-state index >= 15 is 0 Å². The van der Waals surface area contributed by atoms with Gasteiger partial charge >= 0.3 is 5.97 Å². The van der Waals surface area contributed by atoms with Crippen LogP contribution < -0.4 is 0 Å². The van der Waals surface area contributed by atoms with Gasteiger partial charge in [0.1, 0.15) is 0 Å². The lowest BCUT2D eigenvalue weighted by Crippen LogP contribution is -2.04. The lowest BCUT2D eigenvalue weighted by atomic mass is 10.1. The summed E-state index contributed by atoms with van der Waals surface area (Å²) in [6, 6.07) is 0. The Labute approximate surface area is 180 Å². The summed E-state index contributed by atoms with van der Waals surface area (Å²) in [5.74, 6) is 17.9. The molecule has 0 amide bonds. The van der Waals surface area contributed by atoms with Gasteiger partial charge in [0.15, 0.2) is 0 Å². The Bertz CT molecular complexity index is 627. The van der Waals surface area contributed by atoms with E-state index in [1.165, 1.54) is 0 Å². The second-order valence-electron chi connectivity index (χ2n) is 6.32. The van der Waals surface area contributed by atoms with Gasteiger partial charge in [-0.2, -0.15) is 0 Å². The minimum atomic E-state index is -0.0596. The number of hydrogen-bond acceptors (Lipinski definition) is 2. The molecular weight excluding hydrogens is 412 g/mol. The van der Waals surface area contributed by atoms with Gasteiger partial charge in [-0.15, -0.1) is 0 Å². The maximum Gasteiger partial charge on any atom is 0.305 e. The summed E-state index contributed by atoms with van der Waals surface area (Å²) in [6.45, 7) is 2.55. The molecule has 3 heteroatoms. The monoisotopic (exact) mass is 444 g/mol. The molecule has 0 radical (unpaired) electrons. The number of hydrogen-bond donors (Lipinski definition) is 0. The van der Waals surface area contributed by atoms with Gasteiger partial charge in [0, 0.05) is 19.3 Å². The highest BCUT2D eigenvalue weighted by atomic mass is 79.9. The van der Waals surface area contributed by atoms with Crippen LogP contribution in [-0.4, -0.2) is 12.6 Å². The third-order valence-electron chi connectivity index (χ3n) is 3.74. The zero-order valence-electron chi connectivity index (χ0n) is 17.2. The Hall–Kier alpha value is -1.89. The molecule has 28 heavy (non-hydrogen) atoms. The van der Waals surface area contributed by atoms with Crippen LogP contribution in [0, 0.1) is 35.5 Å². The molecule has 0 saturated heterocycles. The van der Waals surface area contributed by atoms with Crippen LogP contribution in [0.15, 0.2) is 23.2 Å². The van der Waals surface area contributed by atoms with Crippen LogP contribution in [0.4, 0.5) is 0 Å². The summed E-state index contributed by atoms with van der Waals surface area (Å²) in [7, 11) is 0. The Morgan fingerprint density at radius 3 is 2.25 bits per heavy atom. The molecule has 0 aliphatic heterocycles. The van der Waals surface area contributed by atoms with E-state index in [2.05, 4.69) is 57.5 Å². The third-order valence-corrected chi connectivity index (χ3v) is 4.01. The van der Waals surface area contributed by atoms with Crippen molar-refractivity contribution in [3.05, 3.63) is 23.2 Å². The van der Waals surface area contributed by atoms with E-state index in [0.29, 0.717) is 13.0 Å². The largest absolute Gasteiger partial charge is 0.466 e. The van der Waals surface area contributed by atoms with Crippen LogP contribution in [0.3, 0.4) is 0 Å². The highest BCUT2D eigenvalue weighted by Gasteiger charge is 2.00. The van der Waals surface area contributed by atoms with E-state index in [1.807, 2.05) is 13.0 Å². The molecule has 0 rings (SSSR count). The first-order chi connectivity index (χ1) is 13.8. The van der Waals surface area contributed by atoms with Crippen LogP contribution in [0.2, 0.25) is 0 Å². The van der Waals surface area contributed by atoms with Crippen molar-refractivity contribution >= 4 is 21.9 Å². The van der Waals surface area contributed by atoms with Crippen LogP contribution >= 0.6 is 15.9 Å². The zero-order chi connectivity index (χ0) is 20.5. The van der Waals surface area contributed by atoms with Gasteiger partial charge in [-0.3, -0.25) is 4.79 Å². The number of carbonyl (C=O) groups is 1.